The van der Waals surface area contributed by atoms with Gasteiger partial charge in [-0.05, 0) is 29.2 Å². The Labute approximate surface area is 194 Å². The van der Waals surface area contributed by atoms with Crippen molar-refractivity contribution in [1.82, 2.24) is 15.1 Å². The van der Waals surface area contributed by atoms with Crippen LogP contribution in [-0.2, 0) is 25.5 Å². The first-order valence-electron chi connectivity index (χ1n) is 11.5. The third-order valence-corrected chi connectivity index (χ3v) is 6.56. The van der Waals surface area contributed by atoms with Crippen LogP contribution >= 0.6 is 0 Å². The number of nitrogens with zero attached hydrogens (tertiary/aromatic N) is 2. The second kappa shape index (κ2) is 10.2. The van der Waals surface area contributed by atoms with Gasteiger partial charge >= 0.3 is 0 Å². The van der Waals surface area contributed by atoms with E-state index in [-0.39, 0.29) is 24.1 Å². The number of rotatable bonds is 7. The highest BCUT2D eigenvalue weighted by atomic mass is 16.5. The lowest BCUT2D eigenvalue weighted by Crippen LogP contribution is -2.59. The van der Waals surface area contributed by atoms with Gasteiger partial charge in [0, 0.05) is 46.1 Å². The van der Waals surface area contributed by atoms with Crippen molar-refractivity contribution in [3.8, 4) is 11.1 Å². The number of benzene rings is 2. The van der Waals surface area contributed by atoms with Gasteiger partial charge in [0.1, 0.15) is 6.04 Å². The first kappa shape index (κ1) is 23.0. The van der Waals surface area contributed by atoms with E-state index in [1.54, 1.807) is 16.9 Å². The Morgan fingerprint density at radius 2 is 1.97 bits per heavy atom. The van der Waals surface area contributed by atoms with Gasteiger partial charge in [-0.25, -0.2) is 0 Å². The highest BCUT2D eigenvalue weighted by molar-refractivity contribution is 5.93. The first-order chi connectivity index (χ1) is 16.0. The normalized spacial score (nSPS) is 20.8. The summed E-state index contributed by atoms with van der Waals surface area (Å²) in [7, 11) is 1.59. The van der Waals surface area contributed by atoms with Crippen LogP contribution in [0.15, 0.2) is 48.5 Å². The third kappa shape index (κ3) is 5.09. The number of ether oxygens (including phenoxy) is 1. The average molecular weight is 450 g/mol. The van der Waals surface area contributed by atoms with Crippen molar-refractivity contribution in [3.05, 3.63) is 59.7 Å². The van der Waals surface area contributed by atoms with Crippen LogP contribution in [0.5, 0.6) is 0 Å². The van der Waals surface area contributed by atoms with Crippen LogP contribution in [0.2, 0.25) is 0 Å². The molecule has 0 aromatic heterocycles. The Bertz CT molecular complexity index is 1040. The predicted molar refractivity (Wildman–Crippen MR) is 125 cm³/mol. The van der Waals surface area contributed by atoms with Crippen molar-refractivity contribution in [2.75, 3.05) is 39.9 Å². The lowest BCUT2D eigenvalue weighted by molar-refractivity contribution is -0.146. The van der Waals surface area contributed by atoms with Crippen LogP contribution in [0.4, 0.5) is 0 Å². The molecule has 7 nitrogen and oxygen atoms in total. The number of likely N-dealkylation sites (tertiary alicyclic amines) is 1. The van der Waals surface area contributed by atoms with E-state index < -0.39 is 12.0 Å². The quantitative estimate of drug-likeness (QED) is 0.702. The lowest BCUT2D eigenvalue weighted by Gasteiger charge is -2.36. The molecular formula is C26H31N3O4. The molecule has 2 fully saturated rings. The van der Waals surface area contributed by atoms with Gasteiger partial charge < -0.3 is 19.9 Å². The van der Waals surface area contributed by atoms with Gasteiger partial charge in [0.15, 0.2) is 0 Å². The van der Waals surface area contributed by atoms with Gasteiger partial charge in [-0.2, -0.15) is 0 Å². The molecule has 0 bridgehead atoms. The average Bonchev–Trinajstić information content (AvgIpc) is 3.19. The molecule has 7 heteroatoms. The van der Waals surface area contributed by atoms with E-state index in [0.29, 0.717) is 39.2 Å². The summed E-state index contributed by atoms with van der Waals surface area (Å²) in [6.07, 6.45) is 0.626. The molecule has 2 aliphatic heterocycles. The molecule has 0 spiro atoms. The Kier molecular flexibility index (Phi) is 7.08. The van der Waals surface area contributed by atoms with Crippen molar-refractivity contribution < 1.29 is 19.1 Å². The maximum absolute atomic E-state index is 13.4. The Morgan fingerprint density at radius 1 is 1.15 bits per heavy atom. The Hall–Kier alpha value is -3.19. The molecule has 0 radical (unpaired) electrons. The number of nitrogens with one attached hydrogen (secondary N) is 1. The number of aryl methyl sites for hydroxylation is 1. The summed E-state index contributed by atoms with van der Waals surface area (Å²) in [6.45, 7) is 4.27. The minimum absolute atomic E-state index is 0.0330. The van der Waals surface area contributed by atoms with Gasteiger partial charge in [0.2, 0.25) is 17.7 Å². The molecule has 174 valence electrons. The fraction of sp³-hybridized carbons (Fsp3) is 0.423. The monoisotopic (exact) mass is 449 g/mol. The molecule has 2 heterocycles. The molecule has 2 aromatic carbocycles. The molecule has 1 N–H and O–H groups in total. The fourth-order valence-electron chi connectivity index (χ4n) is 4.76. The largest absolute Gasteiger partial charge is 0.383 e. The first-order valence-corrected chi connectivity index (χ1v) is 11.5. The summed E-state index contributed by atoms with van der Waals surface area (Å²) in [5, 5.41) is 2.90. The summed E-state index contributed by atoms with van der Waals surface area (Å²) in [5.74, 6) is -0.704. The summed E-state index contributed by atoms with van der Waals surface area (Å²) in [4.78, 5) is 41.9. The van der Waals surface area contributed by atoms with Crippen LogP contribution in [0.3, 0.4) is 0 Å². The van der Waals surface area contributed by atoms with Crippen LogP contribution in [0, 0.1) is 12.8 Å². The van der Waals surface area contributed by atoms with Crippen LogP contribution < -0.4 is 5.32 Å². The molecule has 4 rings (SSSR count). The van der Waals surface area contributed by atoms with Gasteiger partial charge in [-0.1, -0.05) is 48.5 Å². The van der Waals surface area contributed by atoms with E-state index in [1.165, 1.54) is 5.56 Å². The molecule has 3 amide bonds. The van der Waals surface area contributed by atoms with E-state index >= 15 is 0 Å². The van der Waals surface area contributed by atoms with Gasteiger partial charge in [-0.15, -0.1) is 0 Å². The Balaban J connectivity index is 1.51. The summed E-state index contributed by atoms with van der Waals surface area (Å²) in [5.41, 5.74) is 4.43. The van der Waals surface area contributed by atoms with Crippen molar-refractivity contribution in [1.29, 1.82) is 0 Å². The zero-order chi connectivity index (χ0) is 23.4. The molecule has 33 heavy (non-hydrogen) atoms. The summed E-state index contributed by atoms with van der Waals surface area (Å²) in [6, 6.07) is 15.8. The van der Waals surface area contributed by atoms with Gasteiger partial charge in [-0.3, -0.25) is 14.4 Å². The predicted octanol–water partition coefficient (Wildman–Crippen LogP) is 2.03. The van der Waals surface area contributed by atoms with Gasteiger partial charge in [0.05, 0.1) is 12.5 Å². The number of hydrogen-bond donors (Lipinski definition) is 1. The SMILES string of the molecule is COCCN1C[C@@H](C(=O)N2CCNC(=O)[C@@H]2Cc2cccc(-c3ccccc3C)c2)CC1=O. The highest BCUT2D eigenvalue weighted by Gasteiger charge is 2.41. The third-order valence-electron chi connectivity index (χ3n) is 6.56. The molecule has 2 aliphatic rings. The molecule has 0 aliphatic carbocycles. The number of piperazine rings is 1. The van der Waals surface area contributed by atoms with E-state index in [2.05, 4.69) is 36.5 Å². The van der Waals surface area contributed by atoms with E-state index in [1.807, 2.05) is 24.3 Å². The number of hydrogen-bond acceptors (Lipinski definition) is 4. The molecule has 2 saturated heterocycles. The van der Waals surface area contributed by atoms with Crippen molar-refractivity contribution in [3.63, 3.8) is 0 Å². The second-order valence-electron chi connectivity index (χ2n) is 8.79. The van der Waals surface area contributed by atoms with Crippen molar-refractivity contribution in [2.24, 2.45) is 5.92 Å². The zero-order valence-corrected chi connectivity index (χ0v) is 19.3. The molecular weight excluding hydrogens is 418 g/mol. The maximum Gasteiger partial charge on any atom is 0.243 e. The molecule has 0 unspecified atom stereocenters. The topological polar surface area (TPSA) is 79.0 Å². The van der Waals surface area contributed by atoms with Crippen molar-refractivity contribution in [2.45, 2.75) is 25.8 Å². The Morgan fingerprint density at radius 3 is 2.76 bits per heavy atom. The lowest BCUT2D eigenvalue weighted by atomic mass is 9.95. The van der Waals surface area contributed by atoms with Crippen LogP contribution in [-0.4, -0.2) is 73.5 Å². The van der Waals surface area contributed by atoms with Crippen LogP contribution in [0.1, 0.15) is 17.5 Å². The minimum Gasteiger partial charge on any atom is -0.383 e. The molecule has 2 atom stereocenters. The standard InChI is InChI=1S/C26H31N3O4/c1-18-6-3-4-9-22(18)20-8-5-7-19(14-20)15-23-25(31)27-10-11-29(23)26(32)21-16-24(30)28(17-21)12-13-33-2/h3-9,14,21,23H,10-13,15-17H2,1-2H3,(H,27,31)/t21-,23-/m0/s1. The van der Waals surface area contributed by atoms with Crippen molar-refractivity contribution >= 4 is 17.7 Å². The number of carbonyl (C=O) groups excluding carboxylic acids is 3. The molecule has 2 aromatic rings. The number of methoxy groups -OCH3 is 1. The van der Waals surface area contributed by atoms with E-state index in [4.69, 9.17) is 4.74 Å². The highest BCUT2D eigenvalue weighted by Crippen LogP contribution is 2.26. The van der Waals surface area contributed by atoms with Gasteiger partial charge in [0.25, 0.3) is 0 Å². The van der Waals surface area contributed by atoms with E-state index in [9.17, 15) is 14.4 Å². The number of carbonyl (C=O) groups is 3. The smallest absolute Gasteiger partial charge is 0.243 e. The minimum atomic E-state index is -0.582. The summed E-state index contributed by atoms with van der Waals surface area (Å²) >= 11 is 0. The maximum atomic E-state index is 13.4. The van der Waals surface area contributed by atoms with Crippen LogP contribution in [0.25, 0.3) is 11.1 Å². The fourth-order valence-corrected chi connectivity index (χ4v) is 4.76. The number of amides is 3. The zero-order valence-electron chi connectivity index (χ0n) is 19.3. The molecule has 0 saturated carbocycles. The summed E-state index contributed by atoms with van der Waals surface area (Å²) < 4.78 is 5.07. The second-order valence-corrected chi connectivity index (χ2v) is 8.79. The van der Waals surface area contributed by atoms with E-state index in [0.717, 1.165) is 16.7 Å².